The highest BCUT2D eigenvalue weighted by Crippen LogP contribution is 2.35. The third-order valence-corrected chi connectivity index (χ3v) is 3.61. The molecule has 0 radical (unpaired) electrons. The van der Waals surface area contributed by atoms with Crippen LogP contribution in [0.15, 0.2) is 23.1 Å². The molecule has 0 aliphatic carbocycles. The fourth-order valence-corrected chi connectivity index (χ4v) is 2.68. The van der Waals surface area contributed by atoms with Crippen molar-refractivity contribution in [2.75, 3.05) is 16.7 Å². The number of thioether (sulfide) groups is 1. The van der Waals surface area contributed by atoms with Crippen molar-refractivity contribution in [2.24, 2.45) is 5.73 Å². The lowest BCUT2D eigenvalue weighted by Crippen LogP contribution is -2.34. The summed E-state index contributed by atoms with van der Waals surface area (Å²) in [7, 11) is 0. The number of nitrogens with two attached hydrogens (primary N) is 1. The van der Waals surface area contributed by atoms with Gasteiger partial charge in [0.25, 0.3) is 0 Å². The Morgan fingerprint density at radius 2 is 2.33 bits per heavy atom. The highest BCUT2D eigenvalue weighted by molar-refractivity contribution is 8.00. The molecule has 0 bridgehead atoms. The first-order chi connectivity index (χ1) is 7.26. The van der Waals surface area contributed by atoms with E-state index < -0.39 is 0 Å². The molecule has 0 aromatic heterocycles. The number of fused-ring (bicyclic) bond motifs is 1. The molecule has 1 heterocycles. The number of carbonyl (C=O) groups is 1. The van der Waals surface area contributed by atoms with Crippen LogP contribution in [-0.4, -0.2) is 17.7 Å². The smallest absolute Gasteiger partial charge is 0.238 e. The highest BCUT2D eigenvalue weighted by atomic mass is 35.5. The summed E-state index contributed by atoms with van der Waals surface area (Å²) in [5.41, 5.74) is 7.46. The molecule has 0 spiro atoms. The van der Waals surface area contributed by atoms with E-state index in [4.69, 9.17) is 17.3 Å². The van der Waals surface area contributed by atoms with Gasteiger partial charge in [-0.15, -0.1) is 23.4 Å². The molecule has 1 aromatic carbocycles. The molecule has 0 atom stereocenters. The Balaban J connectivity index is 2.45. The molecule has 3 nitrogen and oxygen atoms in total. The van der Waals surface area contributed by atoms with Gasteiger partial charge in [-0.1, -0.05) is 6.07 Å². The highest BCUT2D eigenvalue weighted by Gasteiger charge is 2.23. The monoisotopic (exact) mass is 242 g/mol. The van der Waals surface area contributed by atoms with Gasteiger partial charge in [0.2, 0.25) is 5.91 Å². The van der Waals surface area contributed by atoms with Crippen molar-refractivity contribution in [3.8, 4) is 0 Å². The number of hydrogen-bond acceptors (Lipinski definition) is 3. The lowest BCUT2D eigenvalue weighted by molar-refractivity contribution is -0.116. The van der Waals surface area contributed by atoms with Crippen molar-refractivity contribution < 1.29 is 4.79 Å². The van der Waals surface area contributed by atoms with Gasteiger partial charge in [-0.05, 0) is 17.7 Å². The van der Waals surface area contributed by atoms with Crippen LogP contribution in [0.1, 0.15) is 5.56 Å². The van der Waals surface area contributed by atoms with E-state index in [2.05, 4.69) is 0 Å². The number of halogens is 1. The molecule has 2 N–H and O–H groups in total. The van der Waals surface area contributed by atoms with E-state index in [1.807, 2.05) is 18.2 Å². The number of hydrogen-bond donors (Lipinski definition) is 1. The summed E-state index contributed by atoms with van der Waals surface area (Å²) in [6, 6.07) is 6.10. The zero-order valence-electron chi connectivity index (χ0n) is 8.07. The van der Waals surface area contributed by atoms with Crippen molar-refractivity contribution in [3.05, 3.63) is 23.8 Å². The van der Waals surface area contributed by atoms with E-state index >= 15 is 0 Å². The summed E-state index contributed by atoms with van der Waals surface area (Å²) in [5, 5.41) is 0. The molecule has 1 aliphatic heterocycles. The molecule has 1 amide bonds. The van der Waals surface area contributed by atoms with Gasteiger partial charge in [0.1, 0.15) is 6.00 Å². The Bertz CT molecular complexity index is 397. The van der Waals surface area contributed by atoms with Gasteiger partial charge in [0.05, 0.1) is 11.4 Å². The van der Waals surface area contributed by atoms with Crippen LogP contribution in [0.3, 0.4) is 0 Å². The van der Waals surface area contributed by atoms with Crippen molar-refractivity contribution in [1.29, 1.82) is 0 Å². The van der Waals surface area contributed by atoms with Crippen LogP contribution in [-0.2, 0) is 11.3 Å². The summed E-state index contributed by atoms with van der Waals surface area (Å²) in [6.07, 6.45) is 0. The fraction of sp³-hybridized carbons (Fsp3) is 0.300. The molecule has 1 aromatic rings. The van der Waals surface area contributed by atoms with Gasteiger partial charge in [-0.2, -0.15) is 0 Å². The summed E-state index contributed by atoms with van der Waals surface area (Å²) < 4.78 is 0. The third kappa shape index (κ3) is 1.97. The normalized spacial score (nSPS) is 15.3. The number of carbonyl (C=O) groups excluding carboxylic acids is 1. The molecule has 0 unspecified atom stereocenters. The van der Waals surface area contributed by atoms with Crippen LogP contribution >= 0.6 is 23.4 Å². The van der Waals surface area contributed by atoms with E-state index in [0.717, 1.165) is 16.1 Å². The molecule has 15 heavy (non-hydrogen) atoms. The molecule has 80 valence electrons. The quantitative estimate of drug-likeness (QED) is 0.635. The minimum Gasteiger partial charge on any atom is -0.326 e. The first-order valence-corrected chi connectivity index (χ1v) is 6.10. The fourth-order valence-electron chi connectivity index (χ4n) is 1.51. The van der Waals surface area contributed by atoms with Gasteiger partial charge >= 0.3 is 0 Å². The number of nitrogens with zero attached hydrogens (tertiary/aromatic N) is 1. The second-order valence-corrected chi connectivity index (χ2v) is 4.49. The molecule has 5 heteroatoms. The lowest BCUT2D eigenvalue weighted by Gasteiger charge is -2.27. The van der Waals surface area contributed by atoms with Gasteiger partial charge < -0.3 is 5.73 Å². The van der Waals surface area contributed by atoms with Crippen molar-refractivity contribution in [1.82, 2.24) is 0 Å². The van der Waals surface area contributed by atoms with E-state index in [9.17, 15) is 4.79 Å². The maximum absolute atomic E-state index is 11.6. The SMILES string of the molecule is NCc1ccc2c(c1)N(CCl)C(=O)CS2. The average molecular weight is 243 g/mol. The van der Waals surface area contributed by atoms with Crippen LogP contribution in [0.5, 0.6) is 0 Å². The van der Waals surface area contributed by atoms with E-state index in [1.54, 1.807) is 16.7 Å². The molecule has 0 saturated heterocycles. The largest absolute Gasteiger partial charge is 0.326 e. The maximum atomic E-state index is 11.6. The van der Waals surface area contributed by atoms with Crippen LogP contribution in [0.4, 0.5) is 5.69 Å². The first-order valence-electron chi connectivity index (χ1n) is 4.58. The van der Waals surface area contributed by atoms with Gasteiger partial charge in [-0.25, -0.2) is 0 Å². The topological polar surface area (TPSA) is 46.3 Å². The first kappa shape index (κ1) is 10.8. The van der Waals surface area contributed by atoms with E-state index in [-0.39, 0.29) is 11.9 Å². The minimum absolute atomic E-state index is 0.0525. The number of benzene rings is 1. The van der Waals surface area contributed by atoms with Gasteiger partial charge in [0.15, 0.2) is 0 Å². The Kier molecular flexibility index (Phi) is 3.19. The second kappa shape index (κ2) is 4.43. The average Bonchev–Trinajstić information content (AvgIpc) is 2.28. The Morgan fingerprint density at radius 3 is 3.00 bits per heavy atom. The zero-order chi connectivity index (χ0) is 10.8. The number of anilines is 1. The van der Waals surface area contributed by atoms with Gasteiger partial charge in [-0.3, -0.25) is 9.69 Å². The second-order valence-electron chi connectivity index (χ2n) is 3.24. The molecule has 1 aliphatic rings. The summed E-state index contributed by atoms with van der Waals surface area (Å²) in [5.74, 6) is 0.512. The number of alkyl halides is 1. The Morgan fingerprint density at radius 1 is 1.53 bits per heavy atom. The molecular weight excluding hydrogens is 232 g/mol. The predicted molar refractivity (Wildman–Crippen MR) is 63.3 cm³/mol. The number of rotatable bonds is 2. The molecule has 0 fully saturated rings. The summed E-state index contributed by atoms with van der Waals surface area (Å²) >= 11 is 7.31. The minimum atomic E-state index is 0.0525. The van der Waals surface area contributed by atoms with Crippen molar-refractivity contribution in [3.63, 3.8) is 0 Å². The Hall–Kier alpha value is -0.710. The standard InChI is InChI=1S/C10H11ClN2OS/c11-6-13-8-3-7(4-12)1-2-9(8)15-5-10(13)14/h1-3H,4-6,12H2. The van der Waals surface area contributed by atoms with Crippen LogP contribution < -0.4 is 10.6 Å². The maximum Gasteiger partial charge on any atom is 0.238 e. The Labute approximate surface area is 97.6 Å². The molecule has 2 rings (SSSR count). The van der Waals surface area contributed by atoms with Crippen LogP contribution in [0.2, 0.25) is 0 Å². The van der Waals surface area contributed by atoms with Gasteiger partial charge in [0, 0.05) is 11.4 Å². The van der Waals surface area contributed by atoms with E-state index in [0.29, 0.717) is 12.3 Å². The predicted octanol–water partition coefficient (Wildman–Crippen LogP) is 1.78. The van der Waals surface area contributed by atoms with E-state index in [1.165, 1.54) is 0 Å². The zero-order valence-corrected chi connectivity index (χ0v) is 9.64. The third-order valence-electron chi connectivity index (χ3n) is 2.32. The number of amides is 1. The molecule has 0 saturated carbocycles. The lowest BCUT2D eigenvalue weighted by atomic mass is 10.2. The summed E-state index contributed by atoms with van der Waals surface area (Å²) in [6.45, 7) is 0.474. The summed E-state index contributed by atoms with van der Waals surface area (Å²) in [4.78, 5) is 14.3. The van der Waals surface area contributed by atoms with Crippen LogP contribution in [0.25, 0.3) is 0 Å². The van der Waals surface area contributed by atoms with Crippen molar-refractivity contribution in [2.45, 2.75) is 11.4 Å². The molecular formula is C10H11ClN2OS. The van der Waals surface area contributed by atoms with Crippen LogP contribution in [0, 0.1) is 0 Å². The van der Waals surface area contributed by atoms with Crippen molar-refractivity contribution >= 4 is 35.0 Å².